The highest BCUT2D eigenvalue weighted by molar-refractivity contribution is 5.83. The molecule has 0 radical (unpaired) electrons. The van der Waals surface area contributed by atoms with Crippen molar-refractivity contribution < 1.29 is 0 Å². The molecular weight excluding hydrogens is 174 g/mol. The Hall–Kier alpha value is -1.57. The number of aryl methyl sites for hydroxylation is 2. The minimum absolute atomic E-state index is 0.0983. The molecule has 0 aliphatic rings. The lowest BCUT2D eigenvalue weighted by Crippen LogP contribution is -2.20. The van der Waals surface area contributed by atoms with E-state index in [-0.39, 0.29) is 5.56 Å². The van der Waals surface area contributed by atoms with Gasteiger partial charge < -0.3 is 4.57 Å². The molecule has 2 rings (SSSR count). The zero-order chi connectivity index (χ0) is 10.3. The average Bonchev–Trinajstić information content (AvgIpc) is 2.23. The van der Waals surface area contributed by atoms with Crippen LogP contribution in [0, 0.1) is 13.8 Å². The van der Waals surface area contributed by atoms with Crippen LogP contribution in [0.2, 0.25) is 0 Å². The third-order valence-corrected chi connectivity index (χ3v) is 2.86. The highest BCUT2D eigenvalue weighted by Crippen LogP contribution is 2.17. The summed E-state index contributed by atoms with van der Waals surface area (Å²) in [5.41, 5.74) is 3.02. The summed E-state index contributed by atoms with van der Waals surface area (Å²) in [5, 5.41) is 1.16. The zero-order valence-electron chi connectivity index (χ0n) is 8.66. The number of aromatic nitrogens is 1. The molecule has 0 atom stereocenters. The first-order chi connectivity index (χ1) is 6.63. The van der Waals surface area contributed by atoms with Gasteiger partial charge in [-0.25, -0.2) is 0 Å². The van der Waals surface area contributed by atoms with Crippen molar-refractivity contribution in [3.8, 4) is 0 Å². The maximum absolute atomic E-state index is 11.8. The molecule has 0 amide bonds. The number of hydrogen-bond donors (Lipinski definition) is 0. The molecule has 72 valence electrons. The maximum atomic E-state index is 11.8. The maximum Gasteiger partial charge on any atom is 0.253 e. The van der Waals surface area contributed by atoms with E-state index in [0.29, 0.717) is 0 Å². The lowest BCUT2D eigenvalue weighted by Gasteiger charge is -2.09. The number of benzene rings is 1. The molecule has 1 aromatic heterocycles. The van der Waals surface area contributed by atoms with E-state index in [1.54, 1.807) is 4.57 Å². The van der Waals surface area contributed by atoms with Gasteiger partial charge in [0.05, 0.1) is 5.52 Å². The number of rotatable bonds is 0. The van der Waals surface area contributed by atoms with E-state index in [9.17, 15) is 4.79 Å². The molecule has 0 saturated carbocycles. The van der Waals surface area contributed by atoms with Gasteiger partial charge in [0, 0.05) is 18.0 Å². The molecule has 0 bridgehead atoms. The van der Waals surface area contributed by atoms with Crippen molar-refractivity contribution in [1.82, 2.24) is 4.57 Å². The number of pyridine rings is 1. The van der Waals surface area contributed by atoms with Crippen LogP contribution < -0.4 is 5.56 Å². The van der Waals surface area contributed by atoms with Crippen LogP contribution in [-0.2, 0) is 7.05 Å². The van der Waals surface area contributed by atoms with Crippen molar-refractivity contribution in [2.75, 3.05) is 0 Å². The second-order valence-corrected chi connectivity index (χ2v) is 3.63. The Labute approximate surface area is 82.8 Å². The Morgan fingerprint density at radius 3 is 2.43 bits per heavy atom. The minimum atomic E-state index is 0.0983. The molecular formula is C12H13NO. The first kappa shape index (κ1) is 9.00. The van der Waals surface area contributed by atoms with Gasteiger partial charge in [0.2, 0.25) is 0 Å². The van der Waals surface area contributed by atoms with E-state index in [4.69, 9.17) is 0 Å². The van der Waals surface area contributed by atoms with Crippen LogP contribution in [0.25, 0.3) is 10.9 Å². The number of para-hydroxylation sites is 1. The molecule has 2 nitrogen and oxygen atoms in total. The SMILES string of the molecule is Cc1c(C)c2ccccc2n(C)c1=O. The third-order valence-electron chi connectivity index (χ3n) is 2.86. The van der Waals surface area contributed by atoms with Crippen LogP contribution in [0.3, 0.4) is 0 Å². The fourth-order valence-corrected chi connectivity index (χ4v) is 1.81. The summed E-state index contributed by atoms with van der Waals surface area (Å²) < 4.78 is 1.71. The summed E-state index contributed by atoms with van der Waals surface area (Å²) in [7, 11) is 1.82. The fourth-order valence-electron chi connectivity index (χ4n) is 1.81. The van der Waals surface area contributed by atoms with E-state index in [2.05, 4.69) is 6.07 Å². The first-order valence-corrected chi connectivity index (χ1v) is 4.68. The van der Waals surface area contributed by atoms with E-state index in [1.165, 1.54) is 0 Å². The van der Waals surface area contributed by atoms with Gasteiger partial charge in [-0.15, -0.1) is 0 Å². The Morgan fingerprint density at radius 2 is 1.71 bits per heavy atom. The first-order valence-electron chi connectivity index (χ1n) is 4.68. The molecule has 2 heteroatoms. The van der Waals surface area contributed by atoms with E-state index in [0.717, 1.165) is 22.0 Å². The minimum Gasteiger partial charge on any atom is -0.311 e. The summed E-state index contributed by atoms with van der Waals surface area (Å²) in [5.74, 6) is 0. The van der Waals surface area contributed by atoms with E-state index in [1.807, 2.05) is 39.1 Å². The summed E-state index contributed by atoms with van der Waals surface area (Å²) in [6.07, 6.45) is 0. The van der Waals surface area contributed by atoms with Crippen molar-refractivity contribution in [3.05, 3.63) is 45.7 Å². The number of nitrogens with zero attached hydrogens (tertiary/aromatic N) is 1. The van der Waals surface area contributed by atoms with Crippen LogP contribution in [0.15, 0.2) is 29.1 Å². The second-order valence-electron chi connectivity index (χ2n) is 3.63. The summed E-state index contributed by atoms with van der Waals surface area (Å²) >= 11 is 0. The van der Waals surface area contributed by atoms with Gasteiger partial charge in [-0.2, -0.15) is 0 Å². The van der Waals surface area contributed by atoms with E-state index >= 15 is 0 Å². The molecule has 14 heavy (non-hydrogen) atoms. The summed E-state index contributed by atoms with van der Waals surface area (Å²) in [4.78, 5) is 11.8. The topological polar surface area (TPSA) is 22.0 Å². The molecule has 0 aliphatic heterocycles. The molecule has 0 unspecified atom stereocenters. The lowest BCUT2D eigenvalue weighted by atomic mass is 10.1. The molecule has 0 N–H and O–H groups in total. The quantitative estimate of drug-likeness (QED) is 0.619. The molecule has 0 spiro atoms. The molecule has 0 saturated heterocycles. The third kappa shape index (κ3) is 1.07. The van der Waals surface area contributed by atoms with Crippen LogP contribution in [0.4, 0.5) is 0 Å². The van der Waals surface area contributed by atoms with Gasteiger partial charge in [-0.05, 0) is 25.5 Å². The van der Waals surface area contributed by atoms with Crippen molar-refractivity contribution in [2.24, 2.45) is 7.05 Å². The molecule has 0 fully saturated rings. The highest BCUT2D eigenvalue weighted by atomic mass is 16.1. The van der Waals surface area contributed by atoms with Crippen molar-refractivity contribution >= 4 is 10.9 Å². The van der Waals surface area contributed by atoms with Gasteiger partial charge in [0.1, 0.15) is 0 Å². The summed E-state index contributed by atoms with van der Waals surface area (Å²) in [6.45, 7) is 3.88. The Kier molecular flexibility index (Phi) is 1.92. The van der Waals surface area contributed by atoms with Crippen LogP contribution in [0.1, 0.15) is 11.1 Å². The second kappa shape index (κ2) is 2.98. The Morgan fingerprint density at radius 1 is 1.07 bits per heavy atom. The summed E-state index contributed by atoms with van der Waals surface area (Å²) in [6, 6.07) is 7.98. The Bertz CT molecular complexity index is 552. The smallest absolute Gasteiger partial charge is 0.253 e. The largest absolute Gasteiger partial charge is 0.311 e. The number of fused-ring (bicyclic) bond motifs is 1. The highest BCUT2D eigenvalue weighted by Gasteiger charge is 2.06. The number of hydrogen-bond acceptors (Lipinski definition) is 1. The normalized spacial score (nSPS) is 10.8. The van der Waals surface area contributed by atoms with Crippen LogP contribution in [-0.4, -0.2) is 4.57 Å². The lowest BCUT2D eigenvalue weighted by molar-refractivity contribution is 0.888. The monoisotopic (exact) mass is 187 g/mol. The van der Waals surface area contributed by atoms with Crippen molar-refractivity contribution in [3.63, 3.8) is 0 Å². The van der Waals surface area contributed by atoms with Gasteiger partial charge in [-0.1, -0.05) is 18.2 Å². The van der Waals surface area contributed by atoms with Crippen molar-refractivity contribution in [1.29, 1.82) is 0 Å². The zero-order valence-corrected chi connectivity index (χ0v) is 8.66. The predicted molar refractivity (Wildman–Crippen MR) is 58.7 cm³/mol. The van der Waals surface area contributed by atoms with Gasteiger partial charge in [0.15, 0.2) is 0 Å². The average molecular weight is 187 g/mol. The molecule has 1 aromatic carbocycles. The van der Waals surface area contributed by atoms with Gasteiger partial charge in [-0.3, -0.25) is 4.79 Å². The standard InChI is InChI=1S/C12H13NO/c1-8-9(2)12(14)13(3)11-7-5-4-6-10(8)11/h4-7H,1-3H3. The van der Waals surface area contributed by atoms with Gasteiger partial charge >= 0.3 is 0 Å². The van der Waals surface area contributed by atoms with E-state index < -0.39 is 0 Å². The fraction of sp³-hybridized carbons (Fsp3) is 0.250. The van der Waals surface area contributed by atoms with Crippen molar-refractivity contribution in [2.45, 2.75) is 13.8 Å². The van der Waals surface area contributed by atoms with Crippen LogP contribution >= 0.6 is 0 Å². The molecule has 2 aromatic rings. The van der Waals surface area contributed by atoms with Crippen LogP contribution in [0.5, 0.6) is 0 Å². The van der Waals surface area contributed by atoms with Gasteiger partial charge in [0.25, 0.3) is 5.56 Å². The molecule has 0 aliphatic carbocycles. The molecule has 1 heterocycles. The predicted octanol–water partition coefficient (Wildman–Crippen LogP) is 2.16. The Balaban J connectivity index is 3.10.